The van der Waals surface area contributed by atoms with Gasteiger partial charge in [-0.25, -0.2) is 0 Å². The molecule has 0 aliphatic heterocycles. The second-order valence-electron chi connectivity index (χ2n) is 19.4. The van der Waals surface area contributed by atoms with Crippen LogP contribution >= 0.6 is 7.82 Å². The molecule has 0 bridgehead atoms. The molecule has 64 heavy (non-hydrogen) atoms. The minimum atomic E-state index is -4.69. The van der Waals surface area contributed by atoms with Gasteiger partial charge >= 0.3 is 5.97 Å². The first-order valence-corrected chi connectivity index (χ1v) is 28.3. The van der Waals surface area contributed by atoms with E-state index >= 15 is 0 Å². The van der Waals surface area contributed by atoms with Crippen LogP contribution in [0.1, 0.15) is 245 Å². The lowest BCUT2D eigenvalue weighted by molar-refractivity contribution is -0.870. The number of unbranched alkanes of at least 4 members (excludes halogenated alkanes) is 28. The number of amides is 1. The van der Waals surface area contributed by atoms with Gasteiger partial charge in [0.05, 0.1) is 33.8 Å². The van der Waals surface area contributed by atoms with Crippen molar-refractivity contribution in [2.45, 2.75) is 258 Å². The second-order valence-corrected chi connectivity index (χ2v) is 20.8. The van der Waals surface area contributed by atoms with Crippen LogP contribution in [0, 0.1) is 0 Å². The number of ether oxygens (including phenoxy) is 1. The van der Waals surface area contributed by atoms with E-state index in [9.17, 15) is 19.0 Å². The zero-order chi connectivity index (χ0) is 47.3. The van der Waals surface area contributed by atoms with Gasteiger partial charge in [0.1, 0.15) is 19.3 Å². The smallest absolute Gasteiger partial charge is 0.306 e. The van der Waals surface area contributed by atoms with Crippen molar-refractivity contribution < 1.29 is 37.3 Å². The molecule has 10 heteroatoms. The van der Waals surface area contributed by atoms with Gasteiger partial charge < -0.3 is 28.5 Å². The summed E-state index contributed by atoms with van der Waals surface area (Å²) in [5, 5.41) is 3.00. The van der Waals surface area contributed by atoms with Crippen molar-refractivity contribution in [2.24, 2.45) is 0 Å². The Labute approximate surface area is 396 Å². The predicted molar refractivity (Wildman–Crippen MR) is 270 cm³/mol. The Morgan fingerprint density at radius 1 is 0.547 bits per heavy atom. The average molecular weight is 923 g/mol. The van der Waals surface area contributed by atoms with E-state index in [0.29, 0.717) is 23.9 Å². The van der Waals surface area contributed by atoms with Gasteiger partial charge in [-0.05, 0) is 51.0 Å². The summed E-state index contributed by atoms with van der Waals surface area (Å²) in [5.41, 5.74) is 0. The lowest BCUT2D eigenvalue weighted by Gasteiger charge is -2.30. The molecule has 1 amide bonds. The summed E-state index contributed by atoms with van der Waals surface area (Å²) in [6, 6.07) is -0.904. The number of allylic oxidation sites excluding steroid dienone is 5. The predicted octanol–water partition coefficient (Wildman–Crippen LogP) is 15.0. The standard InChI is InChI=1S/C54H103N2O7P/c1-7-10-13-16-19-22-25-28-31-34-37-40-43-46-53(57)55-51(50-62-64(59,60)61-49-48-56(4,5)6)52(45-42-39-36-33-30-27-24-21-18-15-12-9-3)63-54(58)47-44-41-38-35-32-29-26-23-20-17-14-11-8-2/h29,32,38,41-42,45,51-52H,7-28,30-31,33-37,39-40,43-44,46-50H2,1-6H3,(H-,55,57,59,60)/b32-29-,41-38+,45-42+. The maximum Gasteiger partial charge on any atom is 0.306 e. The summed E-state index contributed by atoms with van der Waals surface area (Å²) in [6.07, 6.45) is 51.2. The number of quaternary nitrogens is 1. The van der Waals surface area contributed by atoms with Crippen LogP contribution in [0.15, 0.2) is 36.5 Å². The maximum absolute atomic E-state index is 13.4. The highest BCUT2D eigenvalue weighted by molar-refractivity contribution is 7.45. The normalized spacial score (nSPS) is 14.2. The van der Waals surface area contributed by atoms with Crippen LogP contribution in [0.25, 0.3) is 0 Å². The molecule has 0 aliphatic carbocycles. The highest BCUT2D eigenvalue weighted by Crippen LogP contribution is 2.38. The van der Waals surface area contributed by atoms with Crippen molar-refractivity contribution in [1.82, 2.24) is 5.32 Å². The molecular formula is C54H103N2O7P. The molecule has 0 spiro atoms. The van der Waals surface area contributed by atoms with Crippen molar-refractivity contribution in [1.29, 1.82) is 0 Å². The number of carbonyl (C=O) groups excluding carboxylic acids is 2. The first kappa shape index (κ1) is 62.2. The molecule has 0 aromatic heterocycles. The van der Waals surface area contributed by atoms with Crippen molar-refractivity contribution in [3.63, 3.8) is 0 Å². The largest absolute Gasteiger partial charge is 0.756 e. The molecule has 9 nitrogen and oxygen atoms in total. The monoisotopic (exact) mass is 923 g/mol. The van der Waals surface area contributed by atoms with E-state index in [0.717, 1.165) is 51.4 Å². The maximum atomic E-state index is 13.4. The summed E-state index contributed by atoms with van der Waals surface area (Å²) in [5.74, 6) is -0.614. The molecule has 0 saturated heterocycles. The molecular weight excluding hydrogens is 820 g/mol. The van der Waals surface area contributed by atoms with Gasteiger partial charge in [0, 0.05) is 12.8 Å². The molecule has 376 valence electrons. The zero-order valence-corrected chi connectivity index (χ0v) is 43.6. The molecule has 1 N–H and O–H groups in total. The van der Waals surface area contributed by atoms with E-state index in [4.69, 9.17) is 13.8 Å². The minimum Gasteiger partial charge on any atom is -0.756 e. The third kappa shape index (κ3) is 45.4. The Morgan fingerprint density at radius 3 is 1.44 bits per heavy atom. The topological polar surface area (TPSA) is 114 Å². The van der Waals surface area contributed by atoms with Crippen LogP contribution in [0.3, 0.4) is 0 Å². The lowest BCUT2D eigenvalue weighted by Crippen LogP contribution is -2.47. The molecule has 0 rings (SSSR count). The number of esters is 1. The average Bonchev–Trinajstić information content (AvgIpc) is 3.25. The van der Waals surface area contributed by atoms with Gasteiger partial charge in [0.25, 0.3) is 7.82 Å². The van der Waals surface area contributed by atoms with Gasteiger partial charge in [-0.2, -0.15) is 0 Å². The molecule has 0 aromatic rings. The van der Waals surface area contributed by atoms with E-state index in [1.165, 1.54) is 154 Å². The van der Waals surface area contributed by atoms with E-state index in [2.05, 4.69) is 44.3 Å². The molecule has 0 aliphatic rings. The number of nitrogens with one attached hydrogen (secondary N) is 1. The van der Waals surface area contributed by atoms with Crippen LogP contribution in [0.2, 0.25) is 0 Å². The van der Waals surface area contributed by atoms with Crippen LogP contribution in [-0.2, 0) is 27.9 Å². The fraction of sp³-hybridized carbons (Fsp3) is 0.852. The van der Waals surface area contributed by atoms with E-state index in [1.807, 2.05) is 39.4 Å². The van der Waals surface area contributed by atoms with Crippen LogP contribution < -0.4 is 10.2 Å². The van der Waals surface area contributed by atoms with Gasteiger partial charge in [0.15, 0.2) is 0 Å². The van der Waals surface area contributed by atoms with Crippen molar-refractivity contribution in [2.75, 3.05) is 40.9 Å². The SMILES string of the molecule is CCCCCCCC/C=C\C/C=C/CCC(=O)OC(/C=C/CCCCCCCCCCCC)C(COP(=O)([O-])OCC[N+](C)(C)C)NC(=O)CCCCCCCCCCCCCCC. The van der Waals surface area contributed by atoms with E-state index < -0.39 is 32.5 Å². The zero-order valence-electron chi connectivity index (χ0n) is 42.7. The quantitative estimate of drug-likeness (QED) is 0.0212. The van der Waals surface area contributed by atoms with Crippen LogP contribution in [0.5, 0.6) is 0 Å². The Balaban J connectivity index is 5.48. The minimum absolute atomic E-state index is 0.0278. The van der Waals surface area contributed by atoms with Crippen molar-refractivity contribution >= 4 is 19.7 Å². The molecule has 0 aromatic carbocycles. The van der Waals surface area contributed by atoms with Gasteiger partial charge in [0.2, 0.25) is 5.91 Å². The molecule has 0 saturated carbocycles. The number of likely N-dealkylation sites (N-methyl/N-ethyl adjacent to an activating group) is 1. The Morgan fingerprint density at radius 2 is 0.969 bits per heavy atom. The fourth-order valence-corrected chi connectivity index (χ4v) is 8.36. The highest BCUT2D eigenvalue weighted by atomic mass is 31.2. The van der Waals surface area contributed by atoms with Crippen LogP contribution in [-0.4, -0.2) is 69.4 Å². The summed E-state index contributed by atoms with van der Waals surface area (Å²) in [6.45, 7) is 6.79. The summed E-state index contributed by atoms with van der Waals surface area (Å²) in [7, 11) is 1.16. The van der Waals surface area contributed by atoms with Crippen molar-refractivity contribution in [3.8, 4) is 0 Å². The molecule has 0 radical (unpaired) electrons. The molecule has 0 heterocycles. The van der Waals surface area contributed by atoms with E-state index in [-0.39, 0.29) is 18.9 Å². The lowest BCUT2D eigenvalue weighted by atomic mass is 10.0. The second kappa shape index (κ2) is 45.0. The third-order valence-electron chi connectivity index (χ3n) is 11.8. The Hall–Kier alpha value is -1.77. The first-order chi connectivity index (χ1) is 30.9. The van der Waals surface area contributed by atoms with Crippen LogP contribution in [0.4, 0.5) is 0 Å². The Kier molecular flexibility index (Phi) is 43.8. The molecule has 3 unspecified atom stereocenters. The summed E-state index contributed by atoms with van der Waals surface area (Å²) in [4.78, 5) is 39.6. The fourth-order valence-electron chi connectivity index (χ4n) is 7.63. The number of nitrogens with zero attached hydrogens (tertiary/aromatic N) is 1. The summed E-state index contributed by atoms with van der Waals surface area (Å²) < 4.78 is 30.1. The van der Waals surface area contributed by atoms with Gasteiger partial charge in [-0.15, -0.1) is 0 Å². The Bertz CT molecular complexity index is 1200. The number of rotatable bonds is 48. The first-order valence-electron chi connectivity index (χ1n) is 26.8. The number of phosphoric acid groups is 1. The number of hydrogen-bond acceptors (Lipinski definition) is 7. The number of carbonyl (C=O) groups is 2. The van der Waals surface area contributed by atoms with Crippen molar-refractivity contribution in [3.05, 3.63) is 36.5 Å². The highest BCUT2D eigenvalue weighted by Gasteiger charge is 2.27. The number of hydrogen-bond donors (Lipinski definition) is 1. The molecule has 0 fully saturated rings. The van der Waals surface area contributed by atoms with Gasteiger partial charge in [-0.3, -0.25) is 14.2 Å². The number of phosphoric ester groups is 1. The van der Waals surface area contributed by atoms with E-state index in [1.54, 1.807) is 0 Å². The third-order valence-corrected chi connectivity index (χ3v) is 12.8. The summed E-state index contributed by atoms with van der Waals surface area (Å²) >= 11 is 0. The molecule has 3 atom stereocenters. The van der Waals surface area contributed by atoms with Gasteiger partial charge in [-0.1, -0.05) is 218 Å².